The quantitative estimate of drug-likeness (QED) is 0.527. The molecule has 0 unspecified atom stereocenters. The van der Waals surface area contributed by atoms with Crippen LogP contribution in [0.5, 0.6) is 0 Å². The van der Waals surface area contributed by atoms with Crippen molar-refractivity contribution in [2.24, 2.45) is 0 Å². The Kier molecular flexibility index (Phi) is 5.66. The van der Waals surface area contributed by atoms with Gasteiger partial charge in [-0.25, -0.2) is 0 Å². The summed E-state index contributed by atoms with van der Waals surface area (Å²) in [5.41, 5.74) is 0. The standard InChI is InChI=1S/C9H15BrCl3NO3Si/c10-8(7-9(11,12)13)18-15-4-1-14(2-5-16-18)3-6-17-18/h8H,1-7H2/t8-/m0/s1. The van der Waals surface area contributed by atoms with Crippen LogP contribution < -0.4 is 0 Å². The van der Waals surface area contributed by atoms with Crippen molar-refractivity contribution < 1.29 is 13.3 Å². The molecule has 0 saturated carbocycles. The highest BCUT2D eigenvalue weighted by Crippen LogP contribution is 2.38. The van der Waals surface area contributed by atoms with Gasteiger partial charge in [-0.1, -0.05) is 50.7 Å². The second-order valence-electron chi connectivity index (χ2n) is 4.28. The smallest absolute Gasteiger partial charge is 0.371 e. The molecule has 3 heterocycles. The van der Waals surface area contributed by atoms with Gasteiger partial charge in [-0.3, -0.25) is 4.90 Å². The first-order valence-corrected chi connectivity index (χ1v) is 9.61. The summed E-state index contributed by atoms with van der Waals surface area (Å²) in [6.45, 7) is 4.47. The topological polar surface area (TPSA) is 30.9 Å². The summed E-state index contributed by atoms with van der Waals surface area (Å²) in [5, 5.41) is 0. The van der Waals surface area contributed by atoms with Crippen LogP contribution in [0.3, 0.4) is 0 Å². The molecular formula is C9H15BrCl3NO3Si. The van der Waals surface area contributed by atoms with Crippen molar-refractivity contribution >= 4 is 59.5 Å². The molecule has 0 spiro atoms. The molecule has 0 aliphatic carbocycles. The molecular weight excluding hydrogens is 384 g/mol. The van der Waals surface area contributed by atoms with Crippen molar-refractivity contribution in [3.8, 4) is 0 Å². The average Bonchev–Trinajstić information content (AvgIpc) is 2.11. The Morgan fingerprint density at radius 1 is 1.06 bits per heavy atom. The zero-order valence-electron chi connectivity index (χ0n) is 9.71. The lowest BCUT2D eigenvalue weighted by Crippen LogP contribution is -2.60. The van der Waals surface area contributed by atoms with E-state index >= 15 is 0 Å². The fourth-order valence-corrected chi connectivity index (χ4v) is 7.57. The third-order valence-electron chi connectivity index (χ3n) is 2.93. The molecule has 2 bridgehead atoms. The predicted molar refractivity (Wildman–Crippen MR) is 77.7 cm³/mol. The van der Waals surface area contributed by atoms with Gasteiger partial charge in [0.05, 0.1) is 24.3 Å². The first-order chi connectivity index (χ1) is 8.41. The number of hydrogen-bond acceptors (Lipinski definition) is 4. The lowest BCUT2D eigenvalue weighted by molar-refractivity contribution is -0.00939. The first kappa shape index (κ1) is 15.8. The van der Waals surface area contributed by atoms with Crippen LogP contribution in [0.15, 0.2) is 0 Å². The monoisotopic (exact) mass is 397 g/mol. The van der Waals surface area contributed by atoms with E-state index < -0.39 is 12.6 Å². The third kappa shape index (κ3) is 4.20. The van der Waals surface area contributed by atoms with Gasteiger partial charge in [-0.2, -0.15) is 0 Å². The van der Waals surface area contributed by atoms with Crippen LogP contribution >= 0.6 is 50.7 Å². The molecule has 3 rings (SSSR count). The Bertz CT molecular complexity index is 268. The van der Waals surface area contributed by atoms with E-state index in [-0.39, 0.29) is 4.45 Å². The number of alkyl halides is 4. The Balaban J connectivity index is 2.09. The molecule has 3 aliphatic heterocycles. The van der Waals surface area contributed by atoms with Crippen molar-refractivity contribution in [2.45, 2.75) is 14.7 Å². The maximum atomic E-state index is 5.88. The zero-order valence-corrected chi connectivity index (χ0v) is 14.6. The van der Waals surface area contributed by atoms with E-state index in [1.54, 1.807) is 0 Å². The molecule has 0 amide bonds. The molecule has 3 fully saturated rings. The van der Waals surface area contributed by atoms with Crippen LogP contribution in [-0.4, -0.2) is 61.4 Å². The van der Waals surface area contributed by atoms with Crippen LogP contribution in [0, 0.1) is 0 Å². The van der Waals surface area contributed by atoms with Crippen LogP contribution in [0.2, 0.25) is 0 Å². The number of halogens is 4. The predicted octanol–water partition coefficient (Wildman–Crippen LogP) is 2.37. The summed E-state index contributed by atoms with van der Waals surface area (Å²) in [7, 11) is -2.80. The molecule has 0 aromatic carbocycles. The largest absolute Gasteiger partial charge is 0.515 e. The molecule has 0 aromatic rings. The van der Waals surface area contributed by atoms with E-state index in [4.69, 9.17) is 48.1 Å². The lowest BCUT2D eigenvalue weighted by atomic mass is 10.4. The Hall–Kier alpha value is 1.41. The fourth-order valence-electron chi connectivity index (χ4n) is 2.01. The highest BCUT2D eigenvalue weighted by Gasteiger charge is 2.52. The molecule has 106 valence electrons. The van der Waals surface area contributed by atoms with Gasteiger partial charge in [0.15, 0.2) is 3.79 Å². The van der Waals surface area contributed by atoms with Gasteiger partial charge in [0, 0.05) is 26.1 Å². The lowest BCUT2D eigenvalue weighted by Gasteiger charge is -2.40. The van der Waals surface area contributed by atoms with E-state index in [1.807, 2.05) is 0 Å². The molecule has 0 radical (unpaired) electrons. The van der Waals surface area contributed by atoms with Crippen LogP contribution in [0.25, 0.3) is 0 Å². The van der Waals surface area contributed by atoms with Crippen molar-refractivity contribution in [1.29, 1.82) is 0 Å². The molecule has 1 atom stereocenters. The minimum Gasteiger partial charge on any atom is -0.371 e. The van der Waals surface area contributed by atoms with Crippen LogP contribution in [0.4, 0.5) is 0 Å². The average molecular weight is 400 g/mol. The minimum absolute atomic E-state index is 0.206. The first-order valence-electron chi connectivity index (χ1n) is 5.76. The Labute approximate surface area is 131 Å². The van der Waals surface area contributed by atoms with Crippen molar-refractivity contribution in [2.75, 3.05) is 39.5 Å². The third-order valence-corrected chi connectivity index (χ3v) is 8.19. The Morgan fingerprint density at radius 2 is 1.50 bits per heavy atom. The van der Waals surface area contributed by atoms with Crippen molar-refractivity contribution in [3.05, 3.63) is 0 Å². The molecule has 9 heteroatoms. The normalized spacial score (nSPS) is 35.7. The molecule has 3 aliphatic rings. The van der Waals surface area contributed by atoms with Gasteiger partial charge in [-0.05, 0) is 0 Å². The summed E-state index contributed by atoms with van der Waals surface area (Å²) in [6.07, 6.45) is 0.299. The van der Waals surface area contributed by atoms with E-state index in [1.165, 1.54) is 0 Å². The summed E-state index contributed by atoms with van der Waals surface area (Å²) in [4.78, 5) is 2.26. The second-order valence-corrected chi connectivity index (χ2v) is 11.5. The highest BCUT2D eigenvalue weighted by molar-refractivity contribution is 9.10. The Morgan fingerprint density at radius 3 is 1.89 bits per heavy atom. The van der Waals surface area contributed by atoms with E-state index in [0.717, 1.165) is 19.6 Å². The summed E-state index contributed by atoms with van der Waals surface area (Å²) < 4.78 is 16.1. The molecule has 0 N–H and O–H groups in total. The number of fused-ring (bicyclic) bond motifs is 6. The number of hydrogen-bond donors (Lipinski definition) is 0. The van der Waals surface area contributed by atoms with Crippen LogP contribution in [-0.2, 0) is 13.3 Å². The summed E-state index contributed by atoms with van der Waals surface area (Å²) >= 11 is 21.1. The molecule has 3 saturated heterocycles. The molecule has 0 aromatic heterocycles. The highest BCUT2D eigenvalue weighted by atomic mass is 79.9. The van der Waals surface area contributed by atoms with E-state index in [2.05, 4.69) is 20.8 Å². The maximum Gasteiger partial charge on any atom is 0.515 e. The van der Waals surface area contributed by atoms with Gasteiger partial charge >= 0.3 is 8.80 Å². The summed E-state index contributed by atoms with van der Waals surface area (Å²) in [6, 6.07) is 0. The maximum absolute atomic E-state index is 5.88. The number of rotatable bonds is 2. The van der Waals surface area contributed by atoms with Gasteiger partial charge in [-0.15, -0.1) is 0 Å². The zero-order chi connectivity index (χ0) is 13.2. The van der Waals surface area contributed by atoms with Crippen molar-refractivity contribution in [1.82, 2.24) is 4.90 Å². The fraction of sp³-hybridized carbons (Fsp3) is 1.00. The van der Waals surface area contributed by atoms with Crippen LogP contribution in [0.1, 0.15) is 6.42 Å². The molecule has 18 heavy (non-hydrogen) atoms. The van der Waals surface area contributed by atoms with Crippen molar-refractivity contribution in [3.63, 3.8) is 0 Å². The van der Waals surface area contributed by atoms with Gasteiger partial charge < -0.3 is 13.3 Å². The van der Waals surface area contributed by atoms with Gasteiger partial charge in [0.25, 0.3) is 0 Å². The van der Waals surface area contributed by atoms with E-state index in [9.17, 15) is 0 Å². The minimum atomic E-state index is -2.80. The molecule has 4 nitrogen and oxygen atoms in total. The second kappa shape index (κ2) is 6.45. The summed E-state index contributed by atoms with van der Waals surface area (Å²) in [5.74, 6) is 0. The number of nitrogens with zero attached hydrogens (tertiary/aromatic N) is 1. The SMILES string of the molecule is ClC(Cl)(Cl)C[C@@H](Br)[Si]12OCCN(CCO1)CCO2. The van der Waals surface area contributed by atoms with Gasteiger partial charge in [0.1, 0.15) is 0 Å². The van der Waals surface area contributed by atoms with E-state index in [0.29, 0.717) is 26.2 Å². The van der Waals surface area contributed by atoms with Gasteiger partial charge in [0.2, 0.25) is 0 Å².